The third-order valence-corrected chi connectivity index (χ3v) is 6.43. The number of carbonyl (C=O) groups is 2. The van der Waals surface area contributed by atoms with Crippen LogP contribution in [0.25, 0.3) is 0 Å². The molecular weight excluding hydrogens is 475 g/mol. The molecule has 3 heterocycles. The van der Waals surface area contributed by atoms with Crippen LogP contribution in [0.3, 0.4) is 0 Å². The quantitative estimate of drug-likeness (QED) is 0.443. The van der Waals surface area contributed by atoms with Gasteiger partial charge >= 0.3 is 6.03 Å². The highest BCUT2D eigenvalue weighted by Crippen LogP contribution is 2.26. The van der Waals surface area contributed by atoms with Crippen LogP contribution in [-0.4, -0.2) is 50.8 Å². The minimum absolute atomic E-state index is 0.00611. The molecule has 0 aliphatic carbocycles. The predicted molar refractivity (Wildman–Crippen MR) is 141 cm³/mol. The lowest BCUT2D eigenvalue weighted by Crippen LogP contribution is -2.41. The number of urea groups is 1. The van der Waals surface area contributed by atoms with Crippen LogP contribution in [0.2, 0.25) is 0 Å². The lowest BCUT2D eigenvalue weighted by Gasteiger charge is -2.32. The van der Waals surface area contributed by atoms with Gasteiger partial charge in [0, 0.05) is 73.7 Å². The second kappa shape index (κ2) is 10.3. The van der Waals surface area contributed by atoms with Crippen LogP contribution in [0, 0.1) is 19.7 Å². The molecule has 198 valence electrons. The fraction of sp³-hybridized carbons (Fsp3) is 0.444. The molecule has 37 heavy (non-hydrogen) atoms. The molecule has 2 aromatic heterocycles. The number of anilines is 2. The molecule has 4 rings (SSSR count). The lowest BCUT2D eigenvalue weighted by atomic mass is 9.92. The van der Waals surface area contributed by atoms with E-state index < -0.39 is 11.8 Å². The highest BCUT2D eigenvalue weighted by Gasteiger charge is 2.26. The summed E-state index contributed by atoms with van der Waals surface area (Å²) in [4.78, 5) is 30.4. The van der Waals surface area contributed by atoms with Gasteiger partial charge in [0.25, 0.3) is 5.91 Å². The molecule has 1 aromatic carbocycles. The molecule has 0 atom stereocenters. The van der Waals surface area contributed by atoms with Crippen molar-refractivity contribution >= 4 is 23.4 Å². The third kappa shape index (κ3) is 6.31. The van der Waals surface area contributed by atoms with Gasteiger partial charge in [0.2, 0.25) is 0 Å². The zero-order valence-electron chi connectivity index (χ0n) is 22.2. The van der Waals surface area contributed by atoms with Crippen molar-refractivity contribution in [2.75, 3.05) is 23.7 Å². The standard InChI is InChI=1S/C27H35FN6O3/c1-16-11-22(17(2)29-16)25(35)34-9-7-20(8-10-34)37-21-13-18(28)12-19(14-21)30-26(36)31-24-15-23(27(3,4)5)32-33(24)6/h11-15,20,29H,7-10H2,1-6H3,(H2,30,31,36). The number of carbonyl (C=O) groups excluding carboxylic acids is 2. The van der Waals surface area contributed by atoms with Crippen molar-refractivity contribution in [3.05, 3.63) is 58.8 Å². The van der Waals surface area contributed by atoms with Crippen LogP contribution in [0.4, 0.5) is 20.7 Å². The molecule has 1 aliphatic rings. The third-order valence-electron chi connectivity index (χ3n) is 6.43. The summed E-state index contributed by atoms with van der Waals surface area (Å²) < 4.78 is 22.0. The van der Waals surface area contributed by atoms with E-state index in [-0.39, 0.29) is 23.1 Å². The van der Waals surface area contributed by atoms with Gasteiger partial charge in [0.1, 0.15) is 23.5 Å². The van der Waals surface area contributed by atoms with E-state index in [1.165, 1.54) is 12.1 Å². The van der Waals surface area contributed by atoms with Crippen LogP contribution in [0.1, 0.15) is 61.1 Å². The van der Waals surface area contributed by atoms with Crippen molar-refractivity contribution in [3.63, 3.8) is 0 Å². The number of rotatable bonds is 5. The van der Waals surface area contributed by atoms with Crippen molar-refractivity contribution in [1.29, 1.82) is 0 Å². The van der Waals surface area contributed by atoms with E-state index in [1.54, 1.807) is 17.8 Å². The number of halogens is 1. The molecule has 0 radical (unpaired) electrons. The van der Waals surface area contributed by atoms with Crippen molar-refractivity contribution in [3.8, 4) is 5.75 Å². The van der Waals surface area contributed by atoms with Gasteiger partial charge in [0.15, 0.2) is 0 Å². The highest BCUT2D eigenvalue weighted by molar-refractivity contribution is 5.99. The van der Waals surface area contributed by atoms with Gasteiger partial charge in [-0.3, -0.25) is 14.8 Å². The number of H-pyrrole nitrogens is 1. The van der Waals surface area contributed by atoms with E-state index >= 15 is 0 Å². The summed E-state index contributed by atoms with van der Waals surface area (Å²) in [6.07, 6.45) is 1.10. The number of aromatic amines is 1. The number of ether oxygens (including phenoxy) is 1. The number of hydrogen-bond acceptors (Lipinski definition) is 4. The smallest absolute Gasteiger partial charge is 0.324 e. The first kappa shape index (κ1) is 26.2. The number of nitrogens with zero attached hydrogens (tertiary/aromatic N) is 3. The van der Waals surface area contributed by atoms with Crippen LogP contribution in [0.15, 0.2) is 30.3 Å². The Labute approximate surface area is 216 Å². The number of aromatic nitrogens is 3. The van der Waals surface area contributed by atoms with E-state index in [4.69, 9.17) is 4.74 Å². The monoisotopic (exact) mass is 510 g/mol. The molecule has 0 saturated carbocycles. The first-order valence-corrected chi connectivity index (χ1v) is 12.4. The molecule has 1 aliphatic heterocycles. The molecule has 3 amide bonds. The van der Waals surface area contributed by atoms with E-state index in [0.29, 0.717) is 43.1 Å². The van der Waals surface area contributed by atoms with Crippen molar-refractivity contribution in [2.24, 2.45) is 7.05 Å². The maximum Gasteiger partial charge on any atom is 0.324 e. The molecular formula is C27H35FN6O3. The Morgan fingerprint density at radius 3 is 2.38 bits per heavy atom. The van der Waals surface area contributed by atoms with Crippen molar-refractivity contribution in [2.45, 2.75) is 59.0 Å². The fourth-order valence-corrected chi connectivity index (χ4v) is 4.42. The van der Waals surface area contributed by atoms with Gasteiger partial charge in [-0.15, -0.1) is 0 Å². The van der Waals surface area contributed by atoms with Crippen LogP contribution in [-0.2, 0) is 12.5 Å². The van der Waals surface area contributed by atoms with Crippen molar-refractivity contribution in [1.82, 2.24) is 19.7 Å². The highest BCUT2D eigenvalue weighted by atomic mass is 19.1. The summed E-state index contributed by atoms with van der Waals surface area (Å²) in [5, 5.41) is 9.86. The summed E-state index contributed by atoms with van der Waals surface area (Å²) >= 11 is 0. The molecule has 0 unspecified atom stereocenters. The Bertz CT molecular complexity index is 1300. The summed E-state index contributed by atoms with van der Waals surface area (Å²) in [6.45, 7) is 11.1. The molecule has 0 spiro atoms. The predicted octanol–water partition coefficient (Wildman–Crippen LogP) is 5.13. The van der Waals surface area contributed by atoms with Gasteiger partial charge < -0.3 is 19.9 Å². The first-order valence-electron chi connectivity index (χ1n) is 12.4. The first-order chi connectivity index (χ1) is 17.4. The van der Waals surface area contributed by atoms with Crippen LogP contribution >= 0.6 is 0 Å². The van der Waals surface area contributed by atoms with Crippen molar-refractivity contribution < 1.29 is 18.7 Å². The largest absolute Gasteiger partial charge is 0.490 e. The number of nitrogens with one attached hydrogen (secondary N) is 3. The molecule has 3 N–H and O–H groups in total. The Kier molecular flexibility index (Phi) is 7.29. The van der Waals surface area contributed by atoms with E-state index in [1.807, 2.05) is 51.7 Å². The zero-order valence-corrected chi connectivity index (χ0v) is 22.2. The summed E-state index contributed by atoms with van der Waals surface area (Å²) in [5.41, 5.74) is 3.47. The molecule has 3 aromatic rings. The number of benzene rings is 1. The number of aryl methyl sites for hydroxylation is 3. The van der Waals surface area contributed by atoms with Gasteiger partial charge in [0.05, 0.1) is 11.3 Å². The minimum atomic E-state index is -0.519. The Morgan fingerprint density at radius 2 is 1.78 bits per heavy atom. The molecule has 9 nitrogen and oxygen atoms in total. The Hall–Kier alpha value is -3.82. The number of amides is 3. The van der Waals surface area contributed by atoms with E-state index in [9.17, 15) is 14.0 Å². The number of hydrogen-bond donors (Lipinski definition) is 3. The van der Waals surface area contributed by atoms with Gasteiger partial charge in [-0.1, -0.05) is 20.8 Å². The lowest BCUT2D eigenvalue weighted by molar-refractivity contribution is 0.0595. The minimum Gasteiger partial charge on any atom is -0.490 e. The molecule has 10 heteroatoms. The second-order valence-electron chi connectivity index (χ2n) is 10.6. The van der Waals surface area contributed by atoms with Gasteiger partial charge in [-0.05, 0) is 26.0 Å². The normalized spacial score (nSPS) is 14.5. The second-order valence-corrected chi connectivity index (χ2v) is 10.6. The SMILES string of the molecule is Cc1cc(C(=O)N2CCC(Oc3cc(F)cc(NC(=O)Nc4cc(C(C)(C)C)nn4C)c3)CC2)c(C)[nH]1. The molecule has 1 fully saturated rings. The summed E-state index contributed by atoms with van der Waals surface area (Å²) in [5.74, 6) is 0.343. The van der Waals surface area contributed by atoms with E-state index in [0.717, 1.165) is 17.1 Å². The van der Waals surface area contributed by atoms with Gasteiger partial charge in [-0.2, -0.15) is 5.10 Å². The Morgan fingerprint density at radius 1 is 1.08 bits per heavy atom. The molecule has 1 saturated heterocycles. The van der Waals surface area contributed by atoms with E-state index in [2.05, 4.69) is 20.7 Å². The zero-order chi connectivity index (χ0) is 26.9. The maximum absolute atomic E-state index is 14.3. The van der Waals surface area contributed by atoms with Crippen LogP contribution in [0.5, 0.6) is 5.75 Å². The number of likely N-dealkylation sites (tertiary alicyclic amines) is 1. The molecule has 0 bridgehead atoms. The maximum atomic E-state index is 14.3. The van der Waals surface area contributed by atoms with Gasteiger partial charge in [-0.25, -0.2) is 9.18 Å². The fourth-order valence-electron chi connectivity index (χ4n) is 4.42. The summed E-state index contributed by atoms with van der Waals surface area (Å²) in [7, 11) is 1.75. The average molecular weight is 511 g/mol. The summed E-state index contributed by atoms with van der Waals surface area (Å²) in [6, 6.07) is 7.30. The van der Waals surface area contributed by atoms with Crippen LogP contribution < -0.4 is 15.4 Å². The number of piperidine rings is 1. The average Bonchev–Trinajstić information content (AvgIpc) is 3.34. The Balaban J connectivity index is 1.34. The topological polar surface area (TPSA) is 104 Å².